The molecule has 0 aliphatic heterocycles. The summed E-state index contributed by atoms with van der Waals surface area (Å²) in [5, 5.41) is 0. The summed E-state index contributed by atoms with van der Waals surface area (Å²) < 4.78 is 0. The van der Waals surface area contributed by atoms with Crippen molar-refractivity contribution in [3.63, 3.8) is 0 Å². The van der Waals surface area contributed by atoms with Crippen molar-refractivity contribution in [3.8, 4) is 0 Å². The predicted octanol–water partition coefficient (Wildman–Crippen LogP) is 3.16. The maximum Gasteiger partial charge on any atom is 0.203 e. The molecular weight excluding hydrogens is 236 g/mol. The smallest absolute Gasteiger partial charge is 0.203 e. The van der Waals surface area contributed by atoms with E-state index < -0.39 is 0 Å². The van der Waals surface area contributed by atoms with Crippen molar-refractivity contribution < 1.29 is 0 Å². The lowest BCUT2D eigenvalue weighted by atomic mass is 9.89. The van der Waals surface area contributed by atoms with Crippen molar-refractivity contribution >= 4 is 22.7 Å². The highest BCUT2D eigenvalue weighted by atomic mass is 15.2. The fourth-order valence-electron chi connectivity index (χ4n) is 3.04. The van der Waals surface area contributed by atoms with E-state index in [0.717, 1.165) is 35.1 Å². The molecule has 19 heavy (non-hydrogen) atoms. The molecule has 0 spiro atoms. The predicted molar refractivity (Wildman–Crippen MR) is 80.4 cm³/mol. The number of nitrogen functional groups attached to an aromatic ring is 1. The lowest BCUT2D eigenvalue weighted by Crippen LogP contribution is -2.27. The van der Waals surface area contributed by atoms with Gasteiger partial charge in [-0.1, -0.05) is 19.3 Å². The van der Waals surface area contributed by atoms with Crippen LogP contribution >= 0.6 is 0 Å². The zero-order valence-electron chi connectivity index (χ0n) is 11.5. The molecule has 0 atom stereocenters. The Kier molecular flexibility index (Phi) is 3.32. The topological polar surface area (TPSA) is 57.9 Å². The molecule has 0 radical (unpaired) electrons. The van der Waals surface area contributed by atoms with Crippen LogP contribution < -0.4 is 10.6 Å². The van der Waals surface area contributed by atoms with Gasteiger partial charge in [0.1, 0.15) is 0 Å². The summed E-state index contributed by atoms with van der Waals surface area (Å²) in [5.41, 5.74) is 8.58. The minimum absolute atomic E-state index is 0.776. The molecule has 1 aliphatic carbocycles. The molecule has 1 heterocycles. The molecule has 0 amide bonds. The lowest BCUT2D eigenvalue weighted by molar-refractivity contribution is 0.361. The zero-order chi connectivity index (χ0) is 13.2. The number of rotatable bonds is 3. The lowest BCUT2D eigenvalue weighted by Gasteiger charge is -2.26. The van der Waals surface area contributed by atoms with Crippen molar-refractivity contribution in [1.29, 1.82) is 0 Å². The Bertz CT molecular complexity index is 554. The Morgan fingerprint density at radius 1 is 1.32 bits per heavy atom. The average molecular weight is 258 g/mol. The summed E-state index contributed by atoms with van der Waals surface area (Å²) in [6.45, 7) is 1.09. The third kappa shape index (κ3) is 2.67. The summed E-state index contributed by atoms with van der Waals surface area (Å²) >= 11 is 0. The van der Waals surface area contributed by atoms with Gasteiger partial charge in [0.25, 0.3) is 0 Å². The molecule has 0 saturated heterocycles. The molecule has 3 rings (SSSR count). The molecule has 1 aromatic carbocycles. The van der Waals surface area contributed by atoms with E-state index in [2.05, 4.69) is 21.9 Å². The van der Waals surface area contributed by atoms with Crippen LogP contribution in [0.2, 0.25) is 0 Å². The average Bonchev–Trinajstić information content (AvgIpc) is 2.83. The van der Waals surface area contributed by atoms with Gasteiger partial charge < -0.3 is 15.6 Å². The van der Waals surface area contributed by atoms with E-state index >= 15 is 0 Å². The SMILES string of the molecule is CN(CC1CCCCC1)c1nc2ccc(N)cc2[nH]1. The maximum absolute atomic E-state index is 5.80. The van der Waals surface area contributed by atoms with Crippen LogP contribution in [-0.2, 0) is 0 Å². The van der Waals surface area contributed by atoms with E-state index in [0.29, 0.717) is 0 Å². The highest BCUT2D eigenvalue weighted by Crippen LogP contribution is 2.26. The molecule has 2 aromatic rings. The highest BCUT2D eigenvalue weighted by Gasteiger charge is 2.17. The van der Waals surface area contributed by atoms with Gasteiger partial charge in [-0.05, 0) is 37.0 Å². The number of nitrogens with zero attached hydrogens (tertiary/aromatic N) is 2. The largest absolute Gasteiger partial charge is 0.399 e. The van der Waals surface area contributed by atoms with Gasteiger partial charge in [0.15, 0.2) is 0 Å². The van der Waals surface area contributed by atoms with Crippen LogP contribution in [0.3, 0.4) is 0 Å². The van der Waals surface area contributed by atoms with Gasteiger partial charge in [-0.15, -0.1) is 0 Å². The van der Waals surface area contributed by atoms with Crippen LogP contribution in [0.1, 0.15) is 32.1 Å². The molecule has 4 nitrogen and oxygen atoms in total. The van der Waals surface area contributed by atoms with Crippen molar-refractivity contribution in [2.24, 2.45) is 5.92 Å². The molecule has 102 valence electrons. The molecule has 0 bridgehead atoms. The third-order valence-electron chi connectivity index (χ3n) is 4.11. The number of hydrogen-bond acceptors (Lipinski definition) is 3. The second kappa shape index (κ2) is 5.11. The van der Waals surface area contributed by atoms with Crippen LogP contribution in [0, 0.1) is 5.92 Å². The Morgan fingerprint density at radius 2 is 2.11 bits per heavy atom. The Morgan fingerprint density at radius 3 is 2.89 bits per heavy atom. The minimum atomic E-state index is 0.776. The number of aromatic nitrogens is 2. The summed E-state index contributed by atoms with van der Waals surface area (Å²) in [5.74, 6) is 1.77. The van der Waals surface area contributed by atoms with Crippen LogP contribution in [0.4, 0.5) is 11.6 Å². The molecule has 1 saturated carbocycles. The van der Waals surface area contributed by atoms with E-state index in [4.69, 9.17) is 5.73 Å². The maximum atomic E-state index is 5.80. The van der Waals surface area contributed by atoms with E-state index in [-0.39, 0.29) is 0 Å². The first kappa shape index (κ1) is 12.3. The van der Waals surface area contributed by atoms with Crippen LogP contribution in [0.25, 0.3) is 11.0 Å². The zero-order valence-corrected chi connectivity index (χ0v) is 11.5. The fraction of sp³-hybridized carbons (Fsp3) is 0.533. The van der Waals surface area contributed by atoms with Crippen molar-refractivity contribution in [3.05, 3.63) is 18.2 Å². The molecule has 1 aliphatic rings. The van der Waals surface area contributed by atoms with Gasteiger partial charge in [-0.3, -0.25) is 0 Å². The first-order valence-corrected chi connectivity index (χ1v) is 7.19. The summed E-state index contributed by atoms with van der Waals surface area (Å²) in [6, 6.07) is 5.81. The van der Waals surface area contributed by atoms with E-state index in [1.807, 2.05) is 18.2 Å². The van der Waals surface area contributed by atoms with Gasteiger partial charge in [-0.25, -0.2) is 4.98 Å². The monoisotopic (exact) mass is 258 g/mol. The molecule has 1 aromatic heterocycles. The Hall–Kier alpha value is -1.71. The number of H-pyrrole nitrogens is 1. The summed E-state index contributed by atoms with van der Waals surface area (Å²) in [7, 11) is 2.12. The molecule has 0 unspecified atom stereocenters. The van der Waals surface area contributed by atoms with Crippen LogP contribution in [-0.4, -0.2) is 23.6 Å². The Labute approximate surface area is 114 Å². The Balaban J connectivity index is 1.75. The number of hydrogen-bond donors (Lipinski definition) is 2. The number of aromatic amines is 1. The van der Waals surface area contributed by atoms with Gasteiger partial charge in [0.05, 0.1) is 11.0 Å². The van der Waals surface area contributed by atoms with Gasteiger partial charge in [0, 0.05) is 19.3 Å². The van der Waals surface area contributed by atoms with Crippen molar-refractivity contribution in [1.82, 2.24) is 9.97 Å². The molecular formula is C15H22N4. The molecule has 3 N–H and O–H groups in total. The molecule has 4 heteroatoms. The first-order chi connectivity index (χ1) is 9.22. The molecule has 1 fully saturated rings. The standard InChI is InChI=1S/C15H22N4/c1-19(10-11-5-3-2-4-6-11)15-17-13-8-7-12(16)9-14(13)18-15/h7-9,11H,2-6,10,16H2,1H3,(H,17,18). The number of anilines is 2. The third-order valence-corrected chi connectivity index (χ3v) is 4.11. The first-order valence-electron chi connectivity index (χ1n) is 7.19. The number of nitrogens with two attached hydrogens (primary N) is 1. The number of fused-ring (bicyclic) bond motifs is 1. The van der Waals surface area contributed by atoms with Crippen molar-refractivity contribution in [2.75, 3.05) is 24.2 Å². The van der Waals surface area contributed by atoms with Gasteiger partial charge >= 0.3 is 0 Å². The van der Waals surface area contributed by atoms with E-state index in [1.54, 1.807) is 0 Å². The normalized spacial score (nSPS) is 16.9. The quantitative estimate of drug-likeness (QED) is 0.831. The van der Waals surface area contributed by atoms with Gasteiger partial charge in [-0.2, -0.15) is 0 Å². The number of nitrogens with one attached hydrogen (secondary N) is 1. The van der Waals surface area contributed by atoms with E-state index in [9.17, 15) is 0 Å². The summed E-state index contributed by atoms with van der Waals surface area (Å²) in [6.07, 6.45) is 6.89. The highest BCUT2D eigenvalue weighted by molar-refractivity contribution is 5.80. The number of imidazole rings is 1. The number of benzene rings is 1. The fourth-order valence-corrected chi connectivity index (χ4v) is 3.04. The van der Waals surface area contributed by atoms with Crippen molar-refractivity contribution in [2.45, 2.75) is 32.1 Å². The van der Waals surface area contributed by atoms with Crippen LogP contribution in [0.5, 0.6) is 0 Å². The second-order valence-electron chi connectivity index (χ2n) is 5.72. The minimum Gasteiger partial charge on any atom is -0.399 e. The van der Waals surface area contributed by atoms with E-state index in [1.165, 1.54) is 32.1 Å². The van der Waals surface area contributed by atoms with Gasteiger partial charge in [0.2, 0.25) is 5.95 Å². The second-order valence-corrected chi connectivity index (χ2v) is 5.72. The van der Waals surface area contributed by atoms with Crippen LogP contribution in [0.15, 0.2) is 18.2 Å². The summed E-state index contributed by atoms with van der Waals surface area (Å²) in [4.78, 5) is 10.2.